The fourth-order valence-electron chi connectivity index (χ4n) is 4.17. The van der Waals surface area contributed by atoms with Crippen molar-refractivity contribution in [2.45, 2.75) is 6.92 Å². The van der Waals surface area contributed by atoms with Crippen LogP contribution in [0.25, 0.3) is 21.8 Å². The van der Waals surface area contributed by atoms with E-state index in [0.717, 1.165) is 0 Å². The number of para-hydroxylation sites is 2. The van der Waals surface area contributed by atoms with E-state index in [0.29, 0.717) is 27.5 Å². The number of nitrogens with zero attached hydrogens (tertiary/aromatic N) is 4. The van der Waals surface area contributed by atoms with E-state index >= 15 is 0 Å². The fourth-order valence-corrected chi connectivity index (χ4v) is 4.17. The van der Waals surface area contributed by atoms with Gasteiger partial charge in [0, 0.05) is 17.3 Å². The van der Waals surface area contributed by atoms with Crippen LogP contribution in [0.5, 0.6) is 11.5 Å². The van der Waals surface area contributed by atoms with Crippen LogP contribution in [0.2, 0.25) is 0 Å². The summed E-state index contributed by atoms with van der Waals surface area (Å²) in [5, 5.41) is 19.2. The van der Waals surface area contributed by atoms with Crippen molar-refractivity contribution >= 4 is 45.4 Å². The van der Waals surface area contributed by atoms with Crippen molar-refractivity contribution < 1.29 is 24.2 Å². The number of carbonyl (C=O) groups excluding carboxylic acids is 3. The highest BCUT2D eigenvalue weighted by Gasteiger charge is 2.26. The van der Waals surface area contributed by atoms with Crippen LogP contribution < -0.4 is 15.4 Å². The molecule has 37 heavy (non-hydrogen) atoms. The summed E-state index contributed by atoms with van der Waals surface area (Å²) < 4.78 is 6.88. The van der Waals surface area contributed by atoms with Gasteiger partial charge >= 0.3 is 12.0 Å². The van der Waals surface area contributed by atoms with Crippen LogP contribution in [-0.2, 0) is 0 Å². The minimum absolute atomic E-state index is 0.0404. The number of hydrogen-bond acceptors (Lipinski definition) is 7. The number of aromatic hydroxyl groups is 1. The van der Waals surface area contributed by atoms with Crippen LogP contribution in [-0.4, -0.2) is 44.6 Å². The second-order valence-corrected chi connectivity index (χ2v) is 8.10. The fraction of sp³-hybridized carbons (Fsp3) is 0.0741. The van der Waals surface area contributed by atoms with E-state index in [1.165, 1.54) is 21.7 Å². The third kappa shape index (κ3) is 4.10. The van der Waals surface area contributed by atoms with Gasteiger partial charge < -0.3 is 15.6 Å². The Kier molecular flexibility index (Phi) is 5.98. The summed E-state index contributed by atoms with van der Waals surface area (Å²) >= 11 is 0. The van der Waals surface area contributed by atoms with E-state index < -0.39 is 17.9 Å². The van der Waals surface area contributed by atoms with Crippen molar-refractivity contribution in [1.82, 2.24) is 15.0 Å². The Labute approximate surface area is 210 Å². The van der Waals surface area contributed by atoms with E-state index in [1.807, 2.05) is 0 Å². The average Bonchev–Trinajstić information content (AvgIpc) is 3.35. The van der Waals surface area contributed by atoms with Gasteiger partial charge in [-0.3, -0.25) is 9.69 Å². The van der Waals surface area contributed by atoms with Crippen LogP contribution in [0.3, 0.4) is 0 Å². The number of phenols is 1. The molecule has 0 radical (unpaired) electrons. The number of esters is 1. The van der Waals surface area contributed by atoms with Gasteiger partial charge in [0.05, 0.1) is 22.3 Å². The van der Waals surface area contributed by atoms with Gasteiger partial charge in [-0.15, -0.1) is 5.10 Å². The summed E-state index contributed by atoms with van der Waals surface area (Å²) in [5.41, 5.74) is 6.74. The van der Waals surface area contributed by atoms with Crippen molar-refractivity contribution in [3.8, 4) is 11.5 Å². The van der Waals surface area contributed by atoms with Crippen LogP contribution in [0, 0.1) is 0 Å². The Hall–Kier alpha value is -5.25. The van der Waals surface area contributed by atoms with Gasteiger partial charge in [-0.25, -0.2) is 9.59 Å². The Morgan fingerprint density at radius 3 is 2.38 bits per heavy atom. The maximum absolute atomic E-state index is 13.5. The molecule has 0 unspecified atom stereocenters. The number of benzene rings is 4. The lowest BCUT2D eigenvalue weighted by molar-refractivity contribution is 0.0736. The van der Waals surface area contributed by atoms with Gasteiger partial charge in [-0.2, -0.15) is 4.68 Å². The zero-order valence-electron chi connectivity index (χ0n) is 19.7. The molecule has 0 aliphatic heterocycles. The molecule has 0 saturated carbocycles. The van der Waals surface area contributed by atoms with E-state index in [2.05, 4.69) is 10.3 Å². The molecular weight excluding hydrogens is 474 g/mol. The number of primary amides is 1. The molecule has 4 aromatic carbocycles. The third-order valence-electron chi connectivity index (χ3n) is 5.94. The normalized spacial score (nSPS) is 10.9. The third-order valence-corrected chi connectivity index (χ3v) is 5.94. The predicted molar refractivity (Wildman–Crippen MR) is 137 cm³/mol. The summed E-state index contributed by atoms with van der Waals surface area (Å²) in [6, 6.07) is 20.9. The Morgan fingerprint density at radius 2 is 1.62 bits per heavy atom. The Balaban J connectivity index is 1.54. The van der Waals surface area contributed by atoms with Crippen LogP contribution in [0.1, 0.15) is 27.6 Å². The largest absolute Gasteiger partial charge is 0.506 e. The van der Waals surface area contributed by atoms with Crippen LogP contribution >= 0.6 is 0 Å². The molecule has 10 heteroatoms. The molecule has 10 nitrogen and oxygen atoms in total. The summed E-state index contributed by atoms with van der Waals surface area (Å²) in [5.74, 6) is -1.90. The molecule has 5 aromatic rings. The highest BCUT2D eigenvalue weighted by atomic mass is 16.5. The number of carbonyl (C=O) groups is 3. The second kappa shape index (κ2) is 9.42. The first-order chi connectivity index (χ1) is 17.9. The number of hydrogen-bond donors (Lipinski definition) is 2. The highest BCUT2D eigenvalue weighted by Crippen LogP contribution is 2.36. The molecule has 5 rings (SSSR count). The topological polar surface area (TPSA) is 141 Å². The van der Waals surface area contributed by atoms with Crippen molar-refractivity contribution in [3.63, 3.8) is 0 Å². The van der Waals surface area contributed by atoms with Gasteiger partial charge in [0.15, 0.2) is 0 Å². The Bertz CT molecular complexity index is 1690. The zero-order chi connectivity index (χ0) is 26.1. The minimum Gasteiger partial charge on any atom is -0.506 e. The standard InChI is InChI=1S/C27H21N5O5/c1-2-31(27(36)32-22-14-8-6-12-20(22)29-30-32)21-13-7-5-11-18(21)26(35)37-23-15-19(25(28)34)24(33)17-10-4-3-9-16(17)23/h3-15,33H,2H2,1H3,(H2,28,34). The maximum Gasteiger partial charge on any atom is 0.351 e. The smallest absolute Gasteiger partial charge is 0.351 e. The molecule has 0 spiro atoms. The molecule has 1 aromatic heterocycles. The number of aromatic nitrogens is 3. The van der Waals surface area contributed by atoms with Gasteiger partial charge in [-0.05, 0) is 37.3 Å². The molecule has 1 heterocycles. The van der Waals surface area contributed by atoms with E-state index in [-0.39, 0.29) is 29.2 Å². The molecule has 3 N–H and O–H groups in total. The average molecular weight is 495 g/mol. The van der Waals surface area contributed by atoms with Crippen molar-refractivity contribution in [1.29, 1.82) is 0 Å². The Morgan fingerprint density at radius 1 is 0.946 bits per heavy atom. The first-order valence-electron chi connectivity index (χ1n) is 11.4. The van der Waals surface area contributed by atoms with E-state index in [1.54, 1.807) is 73.7 Å². The molecule has 0 aliphatic carbocycles. The first kappa shape index (κ1) is 23.5. The lowest BCUT2D eigenvalue weighted by Crippen LogP contribution is -2.36. The highest BCUT2D eigenvalue weighted by molar-refractivity contribution is 6.08. The number of rotatable bonds is 5. The molecule has 2 amide bonds. The second-order valence-electron chi connectivity index (χ2n) is 8.10. The summed E-state index contributed by atoms with van der Waals surface area (Å²) in [6.07, 6.45) is 0. The number of ether oxygens (including phenoxy) is 1. The van der Waals surface area contributed by atoms with Gasteiger partial charge in [0.1, 0.15) is 17.0 Å². The van der Waals surface area contributed by atoms with Crippen molar-refractivity contribution in [2.24, 2.45) is 5.73 Å². The predicted octanol–water partition coefficient (Wildman–Crippen LogP) is 4.10. The van der Waals surface area contributed by atoms with Gasteiger partial charge in [-0.1, -0.05) is 53.7 Å². The molecule has 0 bridgehead atoms. The molecule has 0 atom stereocenters. The maximum atomic E-state index is 13.5. The summed E-state index contributed by atoms with van der Waals surface area (Å²) in [6.45, 7) is 2.00. The molecule has 0 aliphatic rings. The number of nitrogens with two attached hydrogens (primary N) is 1. The molecule has 184 valence electrons. The minimum atomic E-state index is -0.872. The van der Waals surface area contributed by atoms with Gasteiger partial charge in [0.25, 0.3) is 5.91 Å². The van der Waals surface area contributed by atoms with Crippen LogP contribution in [0.15, 0.2) is 78.9 Å². The number of fused-ring (bicyclic) bond motifs is 2. The number of amides is 2. The van der Waals surface area contributed by atoms with Crippen molar-refractivity contribution in [3.05, 3.63) is 90.0 Å². The van der Waals surface area contributed by atoms with Crippen LogP contribution in [0.4, 0.5) is 10.5 Å². The van der Waals surface area contributed by atoms with E-state index in [4.69, 9.17) is 10.5 Å². The molecule has 0 fully saturated rings. The number of anilines is 1. The first-order valence-corrected chi connectivity index (χ1v) is 11.4. The van der Waals surface area contributed by atoms with E-state index in [9.17, 15) is 19.5 Å². The monoisotopic (exact) mass is 495 g/mol. The van der Waals surface area contributed by atoms with Crippen molar-refractivity contribution in [2.75, 3.05) is 11.4 Å². The quantitative estimate of drug-likeness (QED) is 0.276. The lowest BCUT2D eigenvalue weighted by Gasteiger charge is -2.23. The molecular formula is C27H21N5O5. The zero-order valence-corrected chi connectivity index (χ0v) is 19.7. The summed E-state index contributed by atoms with van der Waals surface area (Å²) in [4.78, 5) is 40.2. The lowest BCUT2D eigenvalue weighted by atomic mass is 10.0. The SMILES string of the molecule is CCN(C(=O)n1nnc2ccccc21)c1ccccc1C(=O)Oc1cc(C(N)=O)c(O)c2ccccc12. The molecule has 0 saturated heterocycles. The van der Waals surface area contributed by atoms with Gasteiger partial charge in [0.2, 0.25) is 0 Å². The summed E-state index contributed by atoms with van der Waals surface area (Å²) in [7, 11) is 0.